The molecule has 1 heterocycles. The normalized spacial score (nSPS) is 14.5. The molecular formula is C28H24BrCl2N3O2. The second-order valence-corrected chi connectivity index (χ2v) is 10.6. The van der Waals surface area contributed by atoms with E-state index in [1.807, 2.05) is 42.5 Å². The lowest BCUT2D eigenvalue weighted by Gasteiger charge is -2.22. The zero-order chi connectivity index (χ0) is 25.1. The van der Waals surface area contributed by atoms with Crippen molar-refractivity contribution < 1.29 is 4.74 Å². The highest BCUT2D eigenvalue weighted by Gasteiger charge is 2.22. The van der Waals surface area contributed by atoms with Crippen molar-refractivity contribution in [2.45, 2.75) is 44.6 Å². The third-order valence-corrected chi connectivity index (χ3v) is 7.65. The van der Waals surface area contributed by atoms with E-state index in [0.717, 1.165) is 47.1 Å². The Hall–Kier alpha value is -2.67. The maximum absolute atomic E-state index is 13.6. The van der Waals surface area contributed by atoms with Crippen molar-refractivity contribution in [1.82, 2.24) is 9.66 Å². The molecule has 1 saturated carbocycles. The van der Waals surface area contributed by atoms with Crippen molar-refractivity contribution in [2.75, 3.05) is 0 Å². The van der Waals surface area contributed by atoms with Gasteiger partial charge in [-0.25, -0.2) is 4.98 Å². The molecule has 0 N–H and O–H groups in total. The van der Waals surface area contributed by atoms with Crippen molar-refractivity contribution >= 4 is 56.2 Å². The highest BCUT2D eigenvalue weighted by atomic mass is 79.9. The molecule has 1 fully saturated rings. The first-order chi connectivity index (χ1) is 17.5. The maximum Gasteiger partial charge on any atom is 0.282 e. The molecule has 8 heteroatoms. The molecule has 0 saturated heterocycles. The molecule has 0 unspecified atom stereocenters. The topological polar surface area (TPSA) is 56.5 Å². The van der Waals surface area contributed by atoms with Crippen LogP contribution in [-0.2, 0) is 6.61 Å². The Morgan fingerprint density at radius 1 is 1.03 bits per heavy atom. The summed E-state index contributed by atoms with van der Waals surface area (Å²) >= 11 is 15.6. The van der Waals surface area contributed by atoms with Crippen LogP contribution in [0.3, 0.4) is 0 Å². The predicted octanol–water partition coefficient (Wildman–Crippen LogP) is 7.97. The number of hydrogen-bond acceptors (Lipinski definition) is 4. The van der Waals surface area contributed by atoms with Crippen molar-refractivity contribution in [1.29, 1.82) is 0 Å². The number of benzene rings is 3. The van der Waals surface area contributed by atoms with E-state index in [-0.39, 0.29) is 11.5 Å². The number of hydrogen-bond donors (Lipinski definition) is 0. The number of aromatic nitrogens is 2. The Morgan fingerprint density at radius 2 is 1.83 bits per heavy atom. The van der Waals surface area contributed by atoms with Gasteiger partial charge in [-0.05, 0) is 60.9 Å². The molecule has 4 aromatic rings. The molecule has 5 rings (SSSR count). The van der Waals surface area contributed by atoms with Crippen LogP contribution in [0.25, 0.3) is 10.9 Å². The van der Waals surface area contributed by atoms with E-state index in [4.69, 9.17) is 32.9 Å². The van der Waals surface area contributed by atoms with Crippen LogP contribution in [0.2, 0.25) is 10.0 Å². The number of nitrogens with zero attached hydrogens (tertiary/aromatic N) is 3. The van der Waals surface area contributed by atoms with Crippen LogP contribution in [0.15, 0.2) is 75.0 Å². The number of ether oxygens (including phenoxy) is 1. The van der Waals surface area contributed by atoms with Gasteiger partial charge < -0.3 is 4.74 Å². The van der Waals surface area contributed by atoms with Crippen LogP contribution in [0.1, 0.15) is 55.0 Å². The van der Waals surface area contributed by atoms with Crippen molar-refractivity contribution in [3.63, 3.8) is 0 Å². The standard InChI is InChI=1S/C28H24BrCl2N3O2/c29-21-11-13-25-22(15-21)28(35)34(27(33-25)19-6-2-1-3-7-19)32-16-20-8-4-5-9-26(20)36-17-18-10-12-23(30)24(31)14-18/h4-5,8-16,19H,1-3,6-7,17H2. The third kappa shape index (κ3) is 5.51. The second kappa shape index (κ2) is 11.2. The fraction of sp³-hybridized carbons (Fsp3) is 0.250. The molecule has 0 bridgehead atoms. The average molecular weight is 585 g/mol. The Bertz CT molecular complexity index is 1500. The largest absolute Gasteiger partial charge is 0.488 e. The summed E-state index contributed by atoms with van der Waals surface area (Å²) in [6.45, 7) is 0.320. The minimum absolute atomic E-state index is 0.174. The van der Waals surface area contributed by atoms with Gasteiger partial charge in [-0.3, -0.25) is 4.79 Å². The zero-order valence-electron chi connectivity index (χ0n) is 19.5. The minimum Gasteiger partial charge on any atom is -0.488 e. The molecule has 184 valence electrons. The predicted molar refractivity (Wildman–Crippen MR) is 150 cm³/mol. The van der Waals surface area contributed by atoms with E-state index in [9.17, 15) is 4.79 Å². The summed E-state index contributed by atoms with van der Waals surface area (Å²) in [5.74, 6) is 1.58. The molecule has 1 aliphatic rings. The summed E-state index contributed by atoms with van der Waals surface area (Å²) in [4.78, 5) is 18.5. The second-order valence-electron chi connectivity index (χ2n) is 8.90. The monoisotopic (exact) mass is 583 g/mol. The fourth-order valence-corrected chi connectivity index (χ4v) is 5.21. The molecular weight excluding hydrogens is 561 g/mol. The first-order valence-electron chi connectivity index (χ1n) is 11.9. The Balaban J connectivity index is 1.50. The van der Waals surface area contributed by atoms with Gasteiger partial charge in [-0.1, -0.05) is 76.6 Å². The van der Waals surface area contributed by atoms with Crippen molar-refractivity contribution in [2.24, 2.45) is 5.10 Å². The maximum atomic E-state index is 13.6. The summed E-state index contributed by atoms with van der Waals surface area (Å²) in [6, 6.07) is 18.6. The molecule has 0 atom stereocenters. The van der Waals surface area contributed by atoms with Gasteiger partial charge in [-0.2, -0.15) is 9.78 Å². The lowest BCUT2D eigenvalue weighted by molar-refractivity contribution is 0.306. The van der Waals surface area contributed by atoms with Crippen LogP contribution in [0.4, 0.5) is 0 Å². The molecule has 36 heavy (non-hydrogen) atoms. The number of fused-ring (bicyclic) bond motifs is 1. The minimum atomic E-state index is -0.174. The third-order valence-electron chi connectivity index (χ3n) is 6.41. The van der Waals surface area contributed by atoms with E-state index >= 15 is 0 Å². The molecule has 1 aliphatic carbocycles. The summed E-state index contributed by atoms with van der Waals surface area (Å²) in [5.41, 5.74) is 2.18. The first kappa shape index (κ1) is 25.0. The van der Waals surface area contributed by atoms with Gasteiger partial charge in [0.25, 0.3) is 5.56 Å². The Morgan fingerprint density at radius 3 is 2.64 bits per heavy atom. The molecule has 5 nitrogen and oxygen atoms in total. The van der Waals surface area contributed by atoms with Gasteiger partial charge in [0.15, 0.2) is 0 Å². The van der Waals surface area contributed by atoms with Gasteiger partial charge in [0, 0.05) is 16.0 Å². The van der Waals surface area contributed by atoms with E-state index in [2.05, 4.69) is 21.0 Å². The molecule has 3 aromatic carbocycles. The highest BCUT2D eigenvalue weighted by Crippen LogP contribution is 2.32. The quantitative estimate of drug-likeness (QED) is 0.216. The van der Waals surface area contributed by atoms with Crippen LogP contribution < -0.4 is 10.3 Å². The van der Waals surface area contributed by atoms with Gasteiger partial charge in [0.2, 0.25) is 0 Å². The van der Waals surface area contributed by atoms with Crippen LogP contribution in [0, 0.1) is 0 Å². The Labute approximate surface area is 227 Å². The smallest absolute Gasteiger partial charge is 0.282 e. The molecule has 0 amide bonds. The van der Waals surface area contributed by atoms with Crippen LogP contribution >= 0.6 is 39.1 Å². The van der Waals surface area contributed by atoms with Crippen molar-refractivity contribution in [3.8, 4) is 5.75 Å². The van der Waals surface area contributed by atoms with Crippen molar-refractivity contribution in [3.05, 3.63) is 102 Å². The fourth-order valence-electron chi connectivity index (χ4n) is 4.53. The molecule has 0 radical (unpaired) electrons. The first-order valence-corrected chi connectivity index (χ1v) is 13.5. The summed E-state index contributed by atoms with van der Waals surface area (Å²) in [6.07, 6.45) is 7.17. The highest BCUT2D eigenvalue weighted by molar-refractivity contribution is 9.10. The van der Waals surface area contributed by atoms with Gasteiger partial charge in [-0.15, -0.1) is 0 Å². The molecule has 0 aliphatic heterocycles. The lowest BCUT2D eigenvalue weighted by Crippen LogP contribution is -2.25. The van der Waals surface area contributed by atoms with E-state index < -0.39 is 0 Å². The molecule has 0 spiro atoms. The van der Waals surface area contributed by atoms with Gasteiger partial charge in [0.05, 0.1) is 27.2 Å². The van der Waals surface area contributed by atoms with E-state index in [1.54, 1.807) is 24.4 Å². The number of para-hydroxylation sites is 1. The summed E-state index contributed by atoms with van der Waals surface area (Å²) in [7, 11) is 0. The van der Waals surface area contributed by atoms with Gasteiger partial charge in [0.1, 0.15) is 18.2 Å². The SMILES string of the molecule is O=c1c2cc(Br)ccc2nc(C2CCCCC2)n1N=Cc1ccccc1OCc1ccc(Cl)c(Cl)c1. The Kier molecular flexibility index (Phi) is 7.75. The summed E-state index contributed by atoms with van der Waals surface area (Å²) < 4.78 is 8.37. The van der Waals surface area contributed by atoms with Crippen LogP contribution in [-0.4, -0.2) is 15.9 Å². The van der Waals surface area contributed by atoms with Crippen LogP contribution in [0.5, 0.6) is 5.75 Å². The zero-order valence-corrected chi connectivity index (χ0v) is 22.6. The average Bonchev–Trinajstić information content (AvgIpc) is 2.90. The van der Waals surface area contributed by atoms with Gasteiger partial charge >= 0.3 is 0 Å². The van der Waals surface area contributed by atoms with E-state index in [0.29, 0.717) is 33.3 Å². The van der Waals surface area contributed by atoms with E-state index in [1.165, 1.54) is 11.1 Å². The summed E-state index contributed by atoms with van der Waals surface area (Å²) in [5, 5.41) is 6.17. The number of halogens is 3. The lowest BCUT2D eigenvalue weighted by atomic mass is 9.88. The molecule has 1 aromatic heterocycles. The number of rotatable bonds is 6.